The Morgan fingerprint density at radius 1 is 0.781 bits per heavy atom. The average Bonchev–Trinajstić information content (AvgIpc) is 3.10. The molecule has 0 fully saturated rings. The van der Waals surface area contributed by atoms with Crippen LogP contribution in [0.4, 0.5) is 0 Å². The summed E-state index contributed by atoms with van der Waals surface area (Å²) in [5, 5.41) is 12.0. The summed E-state index contributed by atoms with van der Waals surface area (Å²) < 4.78 is 2.64. The minimum absolute atomic E-state index is 0.0573. The minimum atomic E-state index is -0.808. The number of carbonyl (C=O) groups is 1. The third-order valence-corrected chi connectivity index (χ3v) is 5.67. The number of benzene rings is 3. The first-order valence-electron chi connectivity index (χ1n) is 9.62. The monoisotopic (exact) mass is 487 g/mol. The van der Waals surface area contributed by atoms with E-state index in [1.807, 2.05) is 0 Å². The fraction of sp³-hybridized carbons (Fsp3) is 0. The Labute approximate surface area is 189 Å². The molecule has 7 nitrogen and oxygen atoms in total. The average molecular weight is 488 g/mol. The van der Waals surface area contributed by atoms with Crippen LogP contribution in [0, 0.1) is 0 Å². The van der Waals surface area contributed by atoms with Crippen molar-refractivity contribution in [3.63, 3.8) is 0 Å². The van der Waals surface area contributed by atoms with E-state index in [1.54, 1.807) is 78.9 Å². The van der Waals surface area contributed by atoms with Gasteiger partial charge in [0.1, 0.15) is 5.56 Å². The van der Waals surface area contributed by atoms with Crippen LogP contribution in [0.1, 0.15) is 5.56 Å². The first kappa shape index (κ1) is 19.9. The number of halogens is 1. The Morgan fingerprint density at radius 3 is 2.00 bits per heavy atom. The second-order valence-corrected chi connectivity index (χ2v) is 8.00. The second-order valence-electron chi connectivity index (χ2n) is 7.08. The van der Waals surface area contributed by atoms with Crippen molar-refractivity contribution in [1.29, 1.82) is 0 Å². The van der Waals surface area contributed by atoms with Gasteiger partial charge in [0.15, 0.2) is 0 Å². The SMILES string of the molecule is O=C1N=c2ccc(Br)cc2=C1c1c(O)n(-c2ccccc2)c(=O)n(-c2ccccc2)c1=O. The maximum Gasteiger partial charge on any atom is 0.343 e. The van der Waals surface area contributed by atoms with Crippen molar-refractivity contribution < 1.29 is 9.90 Å². The van der Waals surface area contributed by atoms with E-state index in [9.17, 15) is 19.5 Å². The molecule has 8 heteroatoms. The Morgan fingerprint density at radius 2 is 1.38 bits per heavy atom. The van der Waals surface area contributed by atoms with E-state index in [2.05, 4.69) is 20.9 Å². The van der Waals surface area contributed by atoms with E-state index < -0.39 is 23.0 Å². The molecule has 0 atom stereocenters. The Bertz CT molecular complexity index is 1640. The lowest BCUT2D eigenvalue weighted by atomic mass is 10.1. The standard InChI is InChI=1S/C24H14BrN3O4/c25-14-11-12-18-17(13-14)19(21(29)26-18)20-22(30)27(15-7-3-1-4-8-15)24(32)28(23(20)31)16-9-5-2-6-10-16/h1-13,30H. The lowest BCUT2D eigenvalue weighted by molar-refractivity contribution is -0.112. The minimum Gasteiger partial charge on any atom is -0.494 e. The maximum absolute atomic E-state index is 13.6. The third-order valence-electron chi connectivity index (χ3n) is 5.18. The summed E-state index contributed by atoms with van der Waals surface area (Å²) in [6.45, 7) is 0. The normalized spacial score (nSPS) is 12.5. The van der Waals surface area contributed by atoms with E-state index in [0.29, 0.717) is 26.4 Å². The quantitative estimate of drug-likeness (QED) is 0.476. The number of aromatic hydroxyl groups is 1. The number of rotatable bonds is 3. The largest absolute Gasteiger partial charge is 0.494 e. The highest BCUT2D eigenvalue weighted by Crippen LogP contribution is 2.24. The van der Waals surface area contributed by atoms with Crippen LogP contribution in [0.5, 0.6) is 5.88 Å². The summed E-state index contributed by atoms with van der Waals surface area (Å²) >= 11 is 3.37. The molecular weight excluding hydrogens is 474 g/mol. The molecular formula is C24H14BrN3O4. The number of aromatic nitrogens is 2. The van der Waals surface area contributed by atoms with Gasteiger partial charge in [-0.15, -0.1) is 0 Å². The van der Waals surface area contributed by atoms with Gasteiger partial charge in [-0.25, -0.2) is 18.9 Å². The van der Waals surface area contributed by atoms with Crippen LogP contribution >= 0.6 is 15.9 Å². The van der Waals surface area contributed by atoms with Crippen molar-refractivity contribution in [2.24, 2.45) is 4.99 Å². The number of hydrogen-bond donors (Lipinski definition) is 1. The van der Waals surface area contributed by atoms with Crippen molar-refractivity contribution in [1.82, 2.24) is 9.13 Å². The predicted octanol–water partition coefficient (Wildman–Crippen LogP) is 1.82. The molecule has 0 spiro atoms. The smallest absolute Gasteiger partial charge is 0.343 e. The predicted molar refractivity (Wildman–Crippen MR) is 122 cm³/mol. The zero-order valence-corrected chi connectivity index (χ0v) is 18.0. The molecule has 1 aliphatic heterocycles. The van der Waals surface area contributed by atoms with E-state index in [4.69, 9.17) is 0 Å². The highest BCUT2D eigenvalue weighted by molar-refractivity contribution is 9.10. The van der Waals surface area contributed by atoms with Crippen LogP contribution < -0.4 is 21.8 Å². The highest BCUT2D eigenvalue weighted by Gasteiger charge is 2.29. The summed E-state index contributed by atoms with van der Waals surface area (Å²) in [6, 6.07) is 21.8. The lowest BCUT2D eigenvalue weighted by Crippen LogP contribution is -2.41. The molecule has 2 heterocycles. The van der Waals surface area contributed by atoms with Gasteiger partial charge >= 0.3 is 5.69 Å². The molecule has 0 bridgehead atoms. The fourth-order valence-electron chi connectivity index (χ4n) is 3.76. The number of nitrogens with zero attached hydrogens (tertiary/aromatic N) is 3. The Hall–Kier alpha value is -4.04. The van der Waals surface area contributed by atoms with Crippen molar-refractivity contribution >= 4 is 27.4 Å². The van der Waals surface area contributed by atoms with Crippen molar-refractivity contribution in [3.05, 3.63) is 120 Å². The zero-order valence-electron chi connectivity index (χ0n) is 16.4. The van der Waals surface area contributed by atoms with Crippen LogP contribution in [-0.4, -0.2) is 20.1 Å². The van der Waals surface area contributed by atoms with Crippen molar-refractivity contribution in [2.45, 2.75) is 0 Å². The van der Waals surface area contributed by atoms with Gasteiger partial charge in [0.2, 0.25) is 5.88 Å². The zero-order chi connectivity index (χ0) is 22.4. The molecule has 156 valence electrons. The van der Waals surface area contributed by atoms with Crippen LogP contribution in [0.3, 0.4) is 0 Å². The van der Waals surface area contributed by atoms with Crippen molar-refractivity contribution in [3.8, 4) is 17.3 Å². The van der Waals surface area contributed by atoms with E-state index in [0.717, 1.165) is 9.13 Å². The summed E-state index contributed by atoms with van der Waals surface area (Å²) in [7, 11) is 0. The molecule has 0 unspecified atom stereocenters. The van der Waals surface area contributed by atoms with Gasteiger partial charge < -0.3 is 5.11 Å². The summed E-state index contributed by atoms with van der Waals surface area (Å²) in [6.07, 6.45) is 0. The second kappa shape index (κ2) is 7.58. The van der Waals surface area contributed by atoms with Gasteiger partial charge in [0.25, 0.3) is 11.5 Å². The number of amides is 1. The molecule has 3 aromatic carbocycles. The Kier molecular flexibility index (Phi) is 4.71. The molecule has 1 aliphatic rings. The van der Waals surface area contributed by atoms with Crippen molar-refractivity contribution in [2.75, 3.05) is 0 Å². The molecule has 32 heavy (non-hydrogen) atoms. The molecule has 1 N–H and O–H groups in total. The van der Waals surface area contributed by atoms with Gasteiger partial charge in [-0.3, -0.25) is 9.59 Å². The molecule has 5 rings (SSSR count). The van der Waals surface area contributed by atoms with Gasteiger partial charge in [-0.2, -0.15) is 0 Å². The molecule has 1 amide bonds. The number of para-hydroxylation sites is 2. The maximum atomic E-state index is 13.6. The lowest BCUT2D eigenvalue weighted by Gasteiger charge is -2.16. The first-order valence-corrected chi connectivity index (χ1v) is 10.4. The van der Waals surface area contributed by atoms with Gasteiger partial charge in [-0.1, -0.05) is 52.3 Å². The molecule has 0 radical (unpaired) electrons. The highest BCUT2D eigenvalue weighted by atomic mass is 79.9. The fourth-order valence-corrected chi connectivity index (χ4v) is 4.12. The van der Waals surface area contributed by atoms with E-state index in [-0.39, 0.29) is 11.1 Å². The molecule has 0 saturated carbocycles. The van der Waals surface area contributed by atoms with Gasteiger partial charge in [-0.05, 0) is 42.5 Å². The van der Waals surface area contributed by atoms with E-state index >= 15 is 0 Å². The Balaban J connectivity index is 1.99. The number of hydrogen-bond acceptors (Lipinski definition) is 4. The summed E-state index contributed by atoms with van der Waals surface area (Å²) in [5.41, 5.74) is -1.26. The summed E-state index contributed by atoms with van der Waals surface area (Å²) in [5.74, 6) is -1.28. The molecule has 0 saturated heterocycles. The molecule has 4 aromatic rings. The van der Waals surface area contributed by atoms with Crippen LogP contribution in [0.15, 0.2) is 97.9 Å². The van der Waals surface area contributed by atoms with E-state index in [1.165, 1.54) is 0 Å². The number of fused-ring (bicyclic) bond motifs is 1. The van der Waals surface area contributed by atoms with Gasteiger partial charge in [0.05, 0.1) is 22.3 Å². The summed E-state index contributed by atoms with van der Waals surface area (Å²) in [4.78, 5) is 43.9. The van der Waals surface area contributed by atoms with Gasteiger partial charge in [0, 0.05) is 9.69 Å². The number of carbonyl (C=O) groups excluding carboxylic acids is 1. The molecule has 0 aliphatic carbocycles. The third kappa shape index (κ3) is 3.04. The topological polar surface area (TPSA) is 93.7 Å². The van der Waals surface area contributed by atoms with Crippen LogP contribution in [0.2, 0.25) is 0 Å². The molecule has 1 aromatic heterocycles. The van der Waals surface area contributed by atoms with Crippen LogP contribution in [0.25, 0.3) is 16.9 Å². The first-order chi connectivity index (χ1) is 15.5. The van der Waals surface area contributed by atoms with Crippen LogP contribution in [-0.2, 0) is 4.79 Å².